The minimum Gasteiger partial charge on any atom is -0.459 e. The highest BCUT2D eigenvalue weighted by molar-refractivity contribution is 6.03. The lowest BCUT2D eigenvalue weighted by atomic mass is 9.55. The van der Waals surface area contributed by atoms with Gasteiger partial charge >= 0.3 is 6.09 Å². The van der Waals surface area contributed by atoms with Gasteiger partial charge < -0.3 is 38.9 Å². The van der Waals surface area contributed by atoms with Crippen LogP contribution in [0, 0.1) is 23.2 Å². The number of allylic oxidation sites excluding steroid dienone is 1. The van der Waals surface area contributed by atoms with Gasteiger partial charge in [-0.3, -0.25) is 0 Å². The van der Waals surface area contributed by atoms with E-state index in [0.717, 1.165) is 64.6 Å². The lowest BCUT2D eigenvalue weighted by molar-refractivity contribution is -0.253. The van der Waals surface area contributed by atoms with Gasteiger partial charge in [0.05, 0.1) is 24.8 Å². The maximum atomic E-state index is 14.1. The fourth-order valence-electron chi connectivity index (χ4n) is 9.42. The van der Waals surface area contributed by atoms with Crippen LogP contribution < -0.4 is 9.47 Å². The number of amides is 1. The fraction of sp³-hybridized carbons (Fsp3) is 0.451. The number of carbonyl (C=O) groups is 1. The van der Waals surface area contributed by atoms with Crippen LogP contribution in [0.2, 0.25) is 0 Å². The predicted octanol–water partition coefficient (Wildman–Crippen LogP) is 10.6. The average molecular weight is 831 g/mol. The molecule has 324 valence electrons. The molecule has 7 rings (SSSR count). The molecule has 1 fully saturated rings. The highest BCUT2D eigenvalue weighted by atomic mass is 16.7. The summed E-state index contributed by atoms with van der Waals surface area (Å²) in [7, 11) is 1.75. The monoisotopic (exact) mass is 830 g/mol. The number of carbonyl (C=O) groups excluding carboxylic acids is 1. The standard InChI is InChI=1S/C51H62N2O8/c1-6-28-58-51-46(53(5)49(56)57-34-50(2,3)4)32-44(52-59-33-35-16-8-7-9-17-35)42-30-38(20-12-14-26-54)41(21-13-15-27-55)47(48(42)51)43-31-40(24-25-45(43)61-51)60-39-23-22-36-18-10-11-19-37(36)29-39/h6-11,16-19,22-25,29-31,38,41,46-48,54-55H,1,12-15,20-21,26-28,32-34H2,2-5H3/t38-,41+,46-,47+,48+,51+/m0/s1. The topological polar surface area (TPSA) is 119 Å². The molecule has 0 radical (unpaired) electrons. The Balaban J connectivity index is 1.39. The second-order valence-corrected chi connectivity index (χ2v) is 17.9. The molecule has 4 aromatic carbocycles. The number of fused-ring (bicyclic) bond motifs is 3. The first-order chi connectivity index (χ1) is 29.5. The number of nitrogens with zero attached hydrogens (tertiary/aromatic N) is 2. The first-order valence-electron chi connectivity index (χ1n) is 21.9. The molecule has 3 aliphatic rings. The Morgan fingerprint density at radius 1 is 0.918 bits per heavy atom. The lowest BCUT2D eigenvalue weighted by Crippen LogP contribution is -2.69. The molecule has 1 saturated carbocycles. The molecule has 0 saturated heterocycles. The number of oxime groups is 1. The number of rotatable bonds is 18. The van der Waals surface area contributed by atoms with Crippen LogP contribution in [0.15, 0.2) is 120 Å². The number of aliphatic hydroxyl groups is 2. The average Bonchev–Trinajstić information content (AvgIpc) is 3.26. The van der Waals surface area contributed by atoms with Gasteiger partial charge in [0, 0.05) is 38.2 Å². The smallest absolute Gasteiger partial charge is 0.410 e. The van der Waals surface area contributed by atoms with Crippen LogP contribution >= 0.6 is 0 Å². The molecule has 10 heteroatoms. The predicted molar refractivity (Wildman–Crippen MR) is 239 cm³/mol. The van der Waals surface area contributed by atoms with Crippen molar-refractivity contribution < 1.29 is 38.8 Å². The first-order valence-corrected chi connectivity index (χ1v) is 21.9. The molecule has 61 heavy (non-hydrogen) atoms. The Hall–Kier alpha value is -5.16. The van der Waals surface area contributed by atoms with E-state index < -0.39 is 23.8 Å². The summed E-state index contributed by atoms with van der Waals surface area (Å²) in [6.45, 7) is 11.0. The van der Waals surface area contributed by atoms with Crippen molar-refractivity contribution in [1.82, 2.24) is 4.90 Å². The van der Waals surface area contributed by atoms with E-state index in [2.05, 4.69) is 36.9 Å². The van der Waals surface area contributed by atoms with Gasteiger partial charge in [-0.25, -0.2) is 4.79 Å². The van der Waals surface area contributed by atoms with Crippen molar-refractivity contribution in [3.05, 3.63) is 126 Å². The maximum Gasteiger partial charge on any atom is 0.410 e. The van der Waals surface area contributed by atoms with Crippen LogP contribution in [0.3, 0.4) is 0 Å². The van der Waals surface area contributed by atoms with Crippen LogP contribution in [0.5, 0.6) is 17.2 Å². The molecule has 1 heterocycles. The van der Waals surface area contributed by atoms with Crippen LogP contribution in [0.4, 0.5) is 4.79 Å². The third-order valence-electron chi connectivity index (χ3n) is 12.2. The van der Waals surface area contributed by atoms with Crippen molar-refractivity contribution in [2.45, 2.75) is 90.1 Å². The van der Waals surface area contributed by atoms with Gasteiger partial charge in [0.25, 0.3) is 0 Å². The number of unbranched alkanes of at least 4 members (excludes halogenated alkanes) is 2. The minimum atomic E-state index is -1.38. The lowest BCUT2D eigenvalue weighted by Gasteiger charge is -2.59. The van der Waals surface area contributed by atoms with Crippen molar-refractivity contribution in [2.24, 2.45) is 28.3 Å². The van der Waals surface area contributed by atoms with E-state index >= 15 is 0 Å². The second-order valence-electron chi connectivity index (χ2n) is 17.9. The van der Waals surface area contributed by atoms with Crippen LogP contribution in [0.25, 0.3) is 10.8 Å². The Bertz CT molecular complexity index is 2180. The fourth-order valence-corrected chi connectivity index (χ4v) is 9.42. The van der Waals surface area contributed by atoms with Crippen LogP contribution in [-0.4, -0.2) is 72.2 Å². The molecule has 6 atom stereocenters. The summed E-state index contributed by atoms with van der Waals surface area (Å²) in [4.78, 5) is 21.9. The van der Waals surface area contributed by atoms with E-state index in [1.54, 1.807) is 18.0 Å². The first kappa shape index (κ1) is 43.9. The Labute approximate surface area is 360 Å². The van der Waals surface area contributed by atoms with Crippen molar-refractivity contribution in [3.8, 4) is 17.2 Å². The number of aliphatic hydroxyl groups excluding tert-OH is 2. The molecule has 1 aliphatic heterocycles. The van der Waals surface area contributed by atoms with Gasteiger partial charge in [-0.05, 0) is 95.2 Å². The Morgan fingerprint density at radius 2 is 1.62 bits per heavy atom. The van der Waals surface area contributed by atoms with Gasteiger partial charge in [-0.15, -0.1) is 6.58 Å². The molecule has 0 spiro atoms. The number of ether oxygens (including phenoxy) is 4. The van der Waals surface area contributed by atoms with Gasteiger partial charge in [0.2, 0.25) is 5.79 Å². The van der Waals surface area contributed by atoms with Crippen LogP contribution in [-0.2, 0) is 20.9 Å². The molecular formula is C51H62N2O8. The largest absolute Gasteiger partial charge is 0.459 e. The summed E-state index contributed by atoms with van der Waals surface area (Å²) in [5.41, 5.74) is 3.41. The van der Waals surface area contributed by atoms with Crippen molar-refractivity contribution in [3.63, 3.8) is 0 Å². The third-order valence-corrected chi connectivity index (χ3v) is 12.2. The quantitative estimate of drug-likeness (QED) is 0.0578. The normalized spacial score (nSPS) is 23.6. The molecule has 1 amide bonds. The number of likely N-dealkylation sites (N-methyl/N-ethyl adjacent to an activating group) is 1. The zero-order valence-electron chi connectivity index (χ0n) is 36.1. The maximum absolute atomic E-state index is 14.1. The van der Waals surface area contributed by atoms with E-state index in [4.69, 9.17) is 28.9 Å². The Kier molecular flexibility index (Phi) is 14.2. The molecule has 2 aliphatic carbocycles. The van der Waals surface area contributed by atoms with E-state index in [1.165, 1.54) is 0 Å². The third kappa shape index (κ3) is 9.98. The van der Waals surface area contributed by atoms with E-state index in [0.29, 0.717) is 24.3 Å². The molecule has 0 bridgehead atoms. The second kappa shape index (κ2) is 19.7. The molecule has 0 aromatic heterocycles. The summed E-state index contributed by atoms with van der Waals surface area (Å²) in [6.07, 6.45) is 8.55. The Morgan fingerprint density at radius 3 is 2.36 bits per heavy atom. The number of hydrogen-bond acceptors (Lipinski definition) is 9. The molecule has 2 N–H and O–H groups in total. The van der Waals surface area contributed by atoms with Gasteiger partial charge in [0.1, 0.15) is 29.9 Å². The highest BCUT2D eigenvalue weighted by Crippen LogP contribution is 2.62. The molecule has 4 aromatic rings. The minimum absolute atomic E-state index is 0.0765. The summed E-state index contributed by atoms with van der Waals surface area (Å²) in [5, 5.41) is 27.0. The summed E-state index contributed by atoms with van der Waals surface area (Å²) >= 11 is 0. The number of hydrogen-bond donors (Lipinski definition) is 2. The van der Waals surface area contributed by atoms with E-state index in [9.17, 15) is 15.0 Å². The molecule has 0 unspecified atom stereocenters. The molecular weight excluding hydrogens is 769 g/mol. The zero-order chi connectivity index (χ0) is 43.0. The van der Waals surface area contributed by atoms with Gasteiger partial charge in [-0.1, -0.05) is 112 Å². The highest BCUT2D eigenvalue weighted by Gasteiger charge is 2.65. The summed E-state index contributed by atoms with van der Waals surface area (Å²) in [5.74, 6) is 0.218. The zero-order valence-corrected chi connectivity index (χ0v) is 36.1. The molecule has 10 nitrogen and oxygen atoms in total. The van der Waals surface area contributed by atoms with Crippen LogP contribution in [0.1, 0.15) is 82.8 Å². The van der Waals surface area contributed by atoms with Crippen molar-refractivity contribution >= 4 is 22.6 Å². The summed E-state index contributed by atoms with van der Waals surface area (Å²) in [6, 6.07) is 29.6. The van der Waals surface area contributed by atoms with Crippen molar-refractivity contribution in [1.29, 1.82) is 0 Å². The van der Waals surface area contributed by atoms with E-state index in [1.807, 2.05) is 87.5 Å². The van der Waals surface area contributed by atoms with E-state index in [-0.39, 0.29) is 62.6 Å². The SMILES string of the molecule is C=CCO[C@@]12Oc3ccc(Oc4ccc5ccccc5c4)cc3[C@H]3[C@H](CCCCO)[C@@H](CCCCO)C=C(C(=NOCc4ccccc4)C[C@@H]1N(C)C(=O)OCC(C)(C)C)[C@H]32. The van der Waals surface area contributed by atoms with Crippen molar-refractivity contribution in [2.75, 3.05) is 33.5 Å². The number of benzene rings is 4. The van der Waals surface area contributed by atoms with Gasteiger partial charge in [0.15, 0.2) is 0 Å². The summed E-state index contributed by atoms with van der Waals surface area (Å²) < 4.78 is 26.9. The van der Waals surface area contributed by atoms with Gasteiger partial charge in [-0.2, -0.15) is 0 Å².